The van der Waals surface area contributed by atoms with Crippen LogP contribution in [0.25, 0.3) is 0 Å². The van der Waals surface area contributed by atoms with E-state index in [4.69, 9.17) is 4.84 Å². The van der Waals surface area contributed by atoms with Gasteiger partial charge in [-0.15, -0.1) is 5.06 Å². The molecule has 0 saturated heterocycles. The van der Waals surface area contributed by atoms with Gasteiger partial charge in [0.2, 0.25) is 0 Å². The fraction of sp³-hybridized carbons (Fsp3) is 0.316. The molecule has 114 valence electrons. The van der Waals surface area contributed by atoms with E-state index < -0.39 is 0 Å². The van der Waals surface area contributed by atoms with Crippen LogP contribution in [0, 0.1) is 5.41 Å². The Hall–Kier alpha value is -2.13. The van der Waals surface area contributed by atoms with Gasteiger partial charge < -0.3 is 4.84 Å². The molecule has 0 aromatic heterocycles. The zero-order valence-corrected chi connectivity index (χ0v) is 12.9. The number of rotatable bonds is 6. The lowest BCUT2D eigenvalue weighted by Gasteiger charge is -2.23. The third kappa shape index (κ3) is 3.74. The minimum atomic E-state index is -0.272. The normalized spacial score (nSPS) is 15.5. The van der Waals surface area contributed by atoms with Crippen molar-refractivity contribution >= 4 is 5.97 Å². The third-order valence-electron chi connectivity index (χ3n) is 4.11. The molecule has 3 heteroatoms. The molecule has 0 unspecified atom stereocenters. The minimum Gasteiger partial charge on any atom is -0.367 e. The van der Waals surface area contributed by atoms with Gasteiger partial charge in [-0.05, 0) is 30.9 Å². The summed E-state index contributed by atoms with van der Waals surface area (Å²) in [4.78, 5) is 17.9. The van der Waals surface area contributed by atoms with E-state index in [0.29, 0.717) is 13.1 Å². The SMILES string of the molecule is CC1(C(=O)ON(Cc2ccccc2)Cc2ccccc2)CC1. The summed E-state index contributed by atoms with van der Waals surface area (Å²) in [6.45, 7) is 3.16. The van der Waals surface area contributed by atoms with E-state index in [1.165, 1.54) is 0 Å². The van der Waals surface area contributed by atoms with Gasteiger partial charge in [0.25, 0.3) is 0 Å². The highest BCUT2D eigenvalue weighted by Gasteiger charge is 2.47. The molecule has 0 N–H and O–H groups in total. The maximum absolute atomic E-state index is 12.3. The molecule has 1 saturated carbocycles. The van der Waals surface area contributed by atoms with Crippen LogP contribution >= 0.6 is 0 Å². The molecule has 0 radical (unpaired) electrons. The average molecular weight is 295 g/mol. The van der Waals surface area contributed by atoms with Crippen LogP contribution in [0.5, 0.6) is 0 Å². The van der Waals surface area contributed by atoms with E-state index in [2.05, 4.69) is 0 Å². The monoisotopic (exact) mass is 295 g/mol. The first-order chi connectivity index (χ1) is 10.7. The number of carbonyl (C=O) groups excluding carboxylic acids is 1. The highest BCUT2D eigenvalue weighted by atomic mass is 16.7. The summed E-state index contributed by atoms with van der Waals surface area (Å²) in [5.74, 6) is -0.112. The molecule has 2 aromatic carbocycles. The number of hydroxylamine groups is 2. The maximum Gasteiger partial charge on any atom is 0.330 e. The van der Waals surface area contributed by atoms with Crippen LogP contribution in [0.1, 0.15) is 30.9 Å². The predicted octanol–water partition coefficient (Wildman–Crippen LogP) is 3.95. The molecule has 0 spiro atoms. The number of carbonyl (C=O) groups is 1. The minimum absolute atomic E-state index is 0.112. The van der Waals surface area contributed by atoms with E-state index in [1.807, 2.05) is 67.6 Å². The van der Waals surface area contributed by atoms with Gasteiger partial charge in [0.1, 0.15) is 0 Å². The summed E-state index contributed by atoms with van der Waals surface area (Å²) >= 11 is 0. The molecule has 0 atom stereocenters. The molecule has 3 rings (SSSR count). The van der Waals surface area contributed by atoms with Crippen LogP contribution in [0.3, 0.4) is 0 Å². The number of hydrogen-bond acceptors (Lipinski definition) is 3. The van der Waals surface area contributed by atoms with Crippen molar-refractivity contribution in [3.8, 4) is 0 Å². The zero-order chi connectivity index (χ0) is 15.4. The number of nitrogens with zero attached hydrogens (tertiary/aromatic N) is 1. The first-order valence-corrected chi connectivity index (χ1v) is 7.71. The Labute approximate surface area is 131 Å². The fourth-order valence-electron chi connectivity index (χ4n) is 2.31. The van der Waals surface area contributed by atoms with E-state index >= 15 is 0 Å². The fourth-order valence-corrected chi connectivity index (χ4v) is 2.31. The first-order valence-electron chi connectivity index (χ1n) is 7.71. The smallest absolute Gasteiger partial charge is 0.330 e. The van der Waals surface area contributed by atoms with Gasteiger partial charge in [-0.2, -0.15) is 0 Å². The molecule has 0 bridgehead atoms. The summed E-state index contributed by atoms with van der Waals surface area (Å²) in [5, 5.41) is 1.76. The predicted molar refractivity (Wildman–Crippen MR) is 85.6 cm³/mol. The summed E-state index contributed by atoms with van der Waals surface area (Å²) in [6.07, 6.45) is 1.85. The van der Waals surface area contributed by atoms with Crippen LogP contribution < -0.4 is 0 Å². The molecule has 1 aliphatic rings. The molecule has 1 fully saturated rings. The molecule has 22 heavy (non-hydrogen) atoms. The van der Waals surface area contributed by atoms with Crippen molar-refractivity contribution in [3.63, 3.8) is 0 Å². The zero-order valence-electron chi connectivity index (χ0n) is 12.9. The molecule has 0 amide bonds. The Morgan fingerprint density at radius 1 is 0.955 bits per heavy atom. The van der Waals surface area contributed by atoms with Crippen molar-refractivity contribution in [2.75, 3.05) is 0 Å². The van der Waals surface area contributed by atoms with Crippen molar-refractivity contribution in [3.05, 3.63) is 71.8 Å². The summed E-state index contributed by atoms with van der Waals surface area (Å²) < 4.78 is 0. The number of hydrogen-bond donors (Lipinski definition) is 0. The lowest BCUT2D eigenvalue weighted by Crippen LogP contribution is -2.30. The van der Waals surface area contributed by atoms with Gasteiger partial charge >= 0.3 is 5.97 Å². The second-order valence-electron chi connectivity index (χ2n) is 6.21. The van der Waals surface area contributed by atoms with Crippen LogP contribution in [0.2, 0.25) is 0 Å². The second kappa shape index (κ2) is 6.32. The largest absolute Gasteiger partial charge is 0.367 e. The van der Waals surface area contributed by atoms with Gasteiger partial charge in [-0.25, -0.2) is 4.79 Å². The quantitative estimate of drug-likeness (QED) is 0.756. The van der Waals surface area contributed by atoms with Crippen molar-refractivity contribution in [1.29, 1.82) is 0 Å². The Morgan fingerprint density at radius 3 is 1.82 bits per heavy atom. The summed E-state index contributed by atoms with van der Waals surface area (Å²) in [6, 6.07) is 20.2. The highest BCUT2D eigenvalue weighted by Crippen LogP contribution is 2.46. The van der Waals surface area contributed by atoms with Gasteiger partial charge in [0.15, 0.2) is 0 Å². The van der Waals surface area contributed by atoms with Gasteiger partial charge in [-0.3, -0.25) is 0 Å². The van der Waals surface area contributed by atoms with Crippen LogP contribution in [-0.2, 0) is 22.7 Å². The van der Waals surface area contributed by atoms with Crippen LogP contribution in [-0.4, -0.2) is 11.0 Å². The van der Waals surface area contributed by atoms with E-state index in [-0.39, 0.29) is 11.4 Å². The molecule has 0 aliphatic heterocycles. The van der Waals surface area contributed by atoms with E-state index in [0.717, 1.165) is 24.0 Å². The van der Waals surface area contributed by atoms with Gasteiger partial charge in [0, 0.05) is 0 Å². The molecular formula is C19H21NO2. The highest BCUT2D eigenvalue weighted by molar-refractivity contribution is 5.79. The molecular weight excluding hydrogens is 274 g/mol. The summed E-state index contributed by atoms with van der Waals surface area (Å²) in [5.41, 5.74) is 1.99. The van der Waals surface area contributed by atoms with Gasteiger partial charge in [-0.1, -0.05) is 60.7 Å². The topological polar surface area (TPSA) is 29.5 Å². The van der Waals surface area contributed by atoms with E-state index in [1.54, 1.807) is 5.06 Å². The Kier molecular flexibility index (Phi) is 4.25. The van der Waals surface area contributed by atoms with Gasteiger partial charge in [0.05, 0.1) is 18.5 Å². The van der Waals surface area contributed by atoms with Crippen LogP contribution in [0.15, 0.2) is 60.7 Å². The Balaban J connectivity index is 1.71. The third-order valence-corrected chi connectivity index (χ3v) is 4.11. The molecule has 2 aromatic rings. The molecule has 1 aliphatic carbocycles. The van der Waals surface area contributed by atoms with Crippen molar-refractivity contribution < 1.29 is 9.63 Å². The van der Waals surface area contributed by atoms with Crippen LogP contribution in [0.4, 0.5) is 0 Å². The number of benzene rings is 2. The van der Waals surface area contributed by atoms with Crippen molar-refractivity contribution in [2.45, 2.75) is 32.9 Å². The maximum atomic E-state index is 12.3. The Bertz CT molecular complexity index is 579. The summed E-state index contributed by atoms with van der Waals surface area (Å²) in [7, 11) is 0. The average Bonchev–Trinajstić information content (AvgIpc) is 3.28. The lowest BCUT2D eigenvalue weighted by molar-refractivity contribution is -0.203. The molecule has 3 nitrogen and oxygen atoms in total. The van der Waals surface area contributed by atoms with Crippen molar-refractivity contribution in [1.82, 2.24) is 5.06 Å². The second-order valence-corrected chi connectivity index (χ2v) is 6.21. The van der Waals surface area contributed by atoms with Crippen molar-refractivity contribution in [2.24, 2.45) is 5.41 Å². The lowest BCUT2D eigenvalue weighted by atomic mass is 10.1. The first kappa shape index (κ1) is 14.8. The van der Waals surface area contributed by atoms with E-state index in [9.17, 15) is 4.79 Å². The molecule has 0 heterocycles. The Morgan fingerprint density at radius 2 is 1.41 bits per heavy atom. The standard InChI is InChI=1S/C19H21NO2/c1-19(12-13-19)18(21)22-20(14-16-8-4-2-5-9-16)15-17-10-6-3-7-11-17/h2-11H,12-15H2,1H3.